The Morgan fingerprint density at radius 3 is 2.59 bits per heavy atom. The van der Waals surface area contributed by atoms with Gasteiger partial charge in [-0.15, -0.1) is 0 Å². The van der Waals surface area contributed by atoms with Gasteiger partial charge in [-0.3, -0.25) is 9.36 Å². The van der Waals surface area contributed by atoms with Gasteiger partial charge in [0.15, 0.2) is 5.78 Å². The van der Waals surface area contributed by atoms with E-state index in [2.05, 4.69) is 35.9 Å². The second-order valence-corrected chi connectivity index (χ2v) is 8.02. The van der Waals surface area contributed by atoms with Gasteiger partial charge >= 0.3 is 0 Å². The molecule has 150 valence electrons. The van der Waals surface area contributed by atoms with Crippen molar-refractivity contribution in [3.8, 4) is 5.75 Å². The molecule has 5 nitrogen and oxygen atoms in total. The summed E-state index contributed by atoms with van der Waals surface area (Å²) in [6, 6.07) is 15.9. The van der Waals surface area contributed by atoms with E-state index < -0.39 is 0 Å². The van der Waals surface area contributed by atoms with Crippen LogP contribution in [0.5, 0.6) is 5.75 Å². The molecule has 0 saturated carbocycles. The topological polar surface area (TPSA) is 56.2 Å². The molecular formula is C24H27N3O2. The molecule has 0 aliphatic carbocycles. The maximum Gasteiger partial charge on any atom is 0.209 e. The van der Waals surface area contributed by atoms with Gasteiger partial charge in [-0.1, -0.05) is 38.1 Å². The molecule has 0 bridgehead atoms. The van der Waals surface area contributed by atoms with Gasteiger partial charge in [-0.2, -0.15) is 0 Å². The normalized spacial score (nSPS) is 16.1. The fraction of sp³-hybridized carbons (Fsp3) is 0.333. The number of rotatable bonds is 6. The van der Waals surface area contributed by atoms with Crippen LogP contribution in [0, 0.1) is 5.92 Å². The highest BCUT2D eigenvalue weighted by molar-refractivity contribution is 5.97. The quantitative estimate of drug-likeness (QED) is 0.618. The number of ether oxygens (including phenoxy) is 1. The molecule has 5 heteroatoms. The van der Waals surface area contributed by atoms with Crippen molar-refractivity contribution in [2.24, 2.45) is 5.92 Å². The minimum absolute atomic E-state index is 0.0562. The van der Waals surface area contributed by atoms with E-state index in [0.717, 1.165) is 46.0 Å². The van der Waals surface area contributed by atoms with E-state index in [0.29, 0.717) is 12.5 Å². The summed E-state index contributed by atoms with van der Waals surface area (Å²) in [5.74, 6) is 2.28. The Morgan fingerprint density at radius 2 is 1.90 bits per heavy atom. The zero-order valence-electron chi connectivity index (χ0n) is 17.4. The maximum atomic E-state index is 12.6. The highest BCUT2D eigenvalue weighted by Crippen LogP contribution is 2.39. The summed E-state index contributed by atoms with van der Waals surface area (Å²) in [6.45, 7) is 8.65. The van der Waals surface area contributed by atoms with Crippen LogP contribution in [0.2, 0.25) is 0 Å². The Hall–Kier alpha value is -3.08. The summed E-state index contributed by atoms with van der Waals surface area (Å²) in [6.07, 6.45) is 1.02. The van der Waals surface area contributed by atoms with E-state index >= 15 is 0 Å². The lowest BCUT2D eigenvalue weighted by Crippen LogP contribution is -2.26. The molecular weight excluding hydrogens is 362 g/mol. The van der Waals surface area contributed by atoms with Crippen LogP contribution in [0.25, 0.3) is 11.0 Å². The Kier molecular flexibility index (Phi) is 5.14. The number of benzene rings is 2. The van der Waals surface area contributed by atoms with Gasteiger partial charge in [0.1, 0.15) is 5.75 Å². The summed E-state index contributed by atoms with van der Waals surface area (Å²) in [7, 11) is 0. The van der Waals surface area contributed by atoms with Crippen LogP contribution < -0.4 is 10.1 Å². The van der Waals surface area contributed by atoms with E-state index in [1.165, 1.54) is 0 Å². The van der Waals surface area contributed by atoms with Gasteiger partial charge in [0.2, 0.25) is 5.95 Å². The van der Waals surface area contributed by atoms with E-state index in [1.54, 1.807) is 6.92 Å². The summed E-state index contributed by atoms with van der Waals surface area (Å²) >= 11 is 0. The predicted molar refractivity (Wildman–Crippen MR) is 116 cm³/mol. The van der Waals surface area contributed by atoms with Crippen LogP contribution in [0.3, 0.4) is 0 Å². The number of Topliss-reactive ketones (excluding diaryl/α,β-unsaturated/α-hetero) is 1. The minimum atomic E-state index is -0.221. The number of para-hydroxylation sites is 2. The Balaban J connectivity index is 1.75. The van der Waals surface area contributed by atoms with Crippen molar-refractivity contribution in [2.45, 2.75) is 40.2 Å². The number of nitrogens with one attached hydrogen (secondary N) is 1. The van der Waals surface area contributed by atoms with Crippen molar-refractivity contribution >= 4 is 22.8 Å². The first-order chi connectivity index (χ1) is 14.0. The number of carbonyl (C=O) groups is 1. The third kappa shape index (κ3) is 3.65. The number of ketones is 1. The fourth-order valence-corrected chi connectivity index (χ4v) is 3.89. The summed E-state index contributed by atoms with van der Waals surface area (Å²) in [5.41, 5.74) is 4.56. The monoisotopic (exact) mass is 389 g/mol. The SMILES string of the molecule is CC(=O)C1=C(C)Nc2nc3ccccc3n2[C@@H]1c1ccc(OCCC(C)C)cc1. The molecule has 3 aromatic rings. The first kappa shape index (κ1) is 19.2. The molecule has 2 heterocycles. The van der Waals surface area contributed by atoms with Gasteiger partial charge in [0.05, 0.1) is 23.7 Å². The lowest BCUT2D eigenvalue weighted by atomic mass is 9.92. The molecule has 2 aromatic carbocycles. The van der Waals surface area contributed by atoms with Gasteiger partial charge in [-0.25, -0.2) is 4.98 Å². The summed E-state index contributed by atoms with van der Waals surface area (Å²) in [5, 5.41) is 3.32. The lowest BCUT2D eigenvalue weighted by Gasteiger charge is -2.30. The number of fused-ring (bicyclic) bond motifs is 3. The average molecular weight is 389 g/mol. The molecule has 1 atom stereocenters. The molecule has 0 unspecified atom stereocenters. The van der Waals surface area contributed by atoms with Crippen LogP contribution in [-0.2, 0) is 4.79 Å². The summed E-state index contributed by atoms with van der Waals surface area (Å²) < 4.78 is 7.99. The highest BCUT2D eigenvalue weighted by atomic mass is 16.5. The van der Waals surface area contributed by atoms with Crippen LogP contribution >= 0.6 is 0 Å². The van der Waals surface area contributed by atoms with Gasteiger partial charge in [0.25, 0.3) is 0 Å². The fourth-order valence-electron chi connectivity index (χ4n) is 3.89. The zero-order chi connectivity index (χ0) is 20.5. The molecule has 0 radical (unpaired) electrons. The van der Waals surface area contributed by atoms with Gasteiger partial charge < -0.3 is 10.1 Å². The first-order valence-corrected chi connectivity index (χ1v) is 10.1. The molecule has 0 saturated heterocycles. The Bertz CT molecular complexity index is 1080. The first-order valence-electron chi connectivity index (χ1n) is 10.1. The van der Waals surface area contributed by atoms with Crippen LogP contribution in [0.15, 0.2) is 59.8 Å². The number of hydrogen-bond acceptors (Lipinski definition) is 4. The highest BCUT2D eigenvalue weighted by Gasteiger charge is 2.32. The molecule has 29 heavy (non-hydrogen) atoms. The second-order valence-electron chi connectivity index (χ2n) is 8.02. The number of aromatic nitrogens is 2. The molecule has 1 aliphatic rings. The number of carbonyl (C=O) groups excluding carboxylic acids is 1. The number of imidazole rings is 1. The summed E-state index contributed by atoms with van der Waals surface area (Å²) in [4.78, 5) is 17.3. The van der Waals surface area contributed by atoms with Crippen molar-refractivity contribution in [3.63, 3.8) is 0 Å². The van der Waals surface area contributed by atoms with Crippen molar-refractivity contribution in [1.82, 2.24) is 9.55 Å². The predicted octanol–water partition coefficient (Wildman–Crippen LogP) is 5.34. The standard InChI is InChI=1S/C24H27N3O2/c1-15(2)13-14-29-19-11-9-18(10-12-19)23-22(17(4)28)16(3)25-24-26-20-7-5-6-8-21(20)27(23)24/h5-12,15,23H,13-14H2,1-4H3,(H,25,26)/t23-/m1/s1. The average Bonchev–Trinajstić information content (AvgIpc) is 3.04. The lowest BCUT2D eigenvalue weighted by molar-refractivity contribution is -0.114. The molecule has 1 N–H and O–H groups in total. The molecule has 4 rings (SSSR count). The van der Waals surface area contributed by atoms with E-state index in [-0.39, 0.29) is 11.8 Å². The van der Waals surface area contributed by atoms with E-state index in [1.807, 2.05) is 43.3 Å². The van der Waals surface area contributed by atoms with Crippen molar-refractivity contribution in [3.05, 3.63) is 65.4 Å². The third-order valence-corrected chi connectivity index (χ3v) is 5.37. The third-order valence-electron chi connectivity index (χ3n) is 5.37. The largest absolute Gasteiger partial charge is 0.494 e. The molecule has 0 fully saturated rings. The number of allylic oxidation sites excluding steroid dienone is 2. The van der Waals surface area contributed by atoms with Crippen molar-refractivity contribution < 1.29 is 9.53 Å². The van der Waals surface area contributed by atoms with Gasteiger partial charge in [0, 0.05) is 11.3 Å². The van der Waals surface area contributed by atoms with E-state index in [9.17, 15) is 4.79 Å². The van der Waals surface area contributed by atoms with Crippen LogP contribution in [0.4, 0.5) is 5.95 Å². The van der Waals surface area contributed by atoms with Crippen LogP contribution in [-0.4, -0.2) is 21.9 Å². The minimum Gasteiger partial charge on any atom is -0.494 e. The maximum absolute atomic E-state index is 12.6. The Labute approximate surface area is 171 Å². The second kappa shape index (κ2) is 7.74. The molecule has 1 aromatic heterocycles. The zero-order valence-corrected chi connectivity index (χ0v) is 17.4. The Morgan fingerprint density at radius 1 is 1.17 bits per heavy atom. The number of anilines is 1. The molecule has 0 amide bonds. The van der Waals surface area contributed by atoms with Crippen molar-refractivity contribution in [1.29, 1.82) is 0 Å². The van der Waals surface area contributed by atoms with E-state index in [4.69, 9.17) is 9.72 Å². The van der Waals surface area contributed by atoms with Gasteiger partial charge in [-0.05, 0) is 56.0 Å². The smallest absolute Gasteiger partial charge is 0.209 e. The number of hydrogen-bond donors (Lipinski definition) is 1. The van der Waals surface area contributed by atoms with Crippen molar-refractivity contribution in [2.75, 3.05) is 11.9 Å². The van der Waals surface area contributed by atoms with Crippen LogP contribution in [0.1, 0.15) is 45.7 Å². The number of nitrogens with zero attached hydrogens (tertiary/aromatic N) is 2. The molecule has 0 spiro atoms. The molecule has 1 aliphatic heterocycles.